The molecule has 1 atom stereocenters. The average molecular weight is 406 g/mol. The lowest BCUT2D eigenvalue weighted by Gasteiger charge is -2.42. The van der Waals surface area contributed by atoms with E-state index in [9.17, 15) is 4.79 Å². The molecule has 0 radical (unpaired) electrons. The smallest absolute Gasteiger partial charge is 0.242 e. The molecule has 2 aliphatic rings. The molecule has 7 nitrogen and oxygen atoms in total. The van der Waals surface area contributed by atoms with E-state index in [1.807, 2.05) is 31.7 Å². The summed E-state index contributed by atoms with van der Waals surface area (Å²) in [6, 6.07) is 8.09. The third-order valence-electron chi connectivity index (χ3n) is 6.16. The minimum atomic E-state index is -0.0957. The lowest BCUT2D eigenvalue weighted by molar-refractivity contribution is -0.129. The highest BCUT2D eigenvalue weighted by molar-refractivity contribution is 5.96. The van der Waals surface area contributed by atoms with Crippen molar-refractivity contribution in [3.8, 4) is 11.1 Å². The van der Waals surface area contributed by atoms with Crippen molar-refractivity contribution in [1.82, 2.24) is 19.7 Å². The summed E-state index contributed by atoms with van der Waals surface area (Å²) in [6.45, 7) is 5.67. The summed E-state index contributed by atoms with van der Waals surface area (Å²) in [5.41, 5.74) is 2.33. The van der Waals surface area contributed by atoms with Crippen molar-refractivity contribution < 1.29 is 9.53 Å². The predicted octanol–water partition coefficient (Wildman–Crippen LogP) is 3.07. The maximum atomic E-state index is 13.0. The number of rotatable bonds is 5. The molecule has 5 rings (SSSR count). The highest BCUT2D eigenvalue weighted by atomic mass is 16.5. The molecule has 0 spiro atoms. The van der Waals surface area contributed by atoms with E-state index in [-0.39, 0.29) is 17.4 Å². The monoisotopic (exact) mass is 405 g/mol. The summed E-state index contributed by atoms with van der Waals surface area (Å²) in [6.07, 6.45) is 7.61. The van der Waals surface area contributed by atoms with E-state index in [1.54, 1.807) is 4.68 Å². The van der Waals surface area contributed by atoms with Crippen molar-refractivity contribution in [2.45, 2.75) is 25.8 Å². The normalized spacial score (nSPS) is 20.9. The zero-order valence-electron chi connectivity index (χ0n) is 17.5. The standard InChI is InChI=1S/C23H27N5O2/c1-23(14-30-15-23)13-28-7-3-4-20(28)22(29)26-21-9-18-8-16(5-6-17(18)10-24-21)19-11-25-27(2)12-19/h5-6,8-12,20H,3-4,7,13-15H2,1-2H3,(H,24,26,29). The molecule has 4 heterocycles. The lowest BCUT2D eigenvalue weighted by Crippen LogP contribution is -2.52. The van der Waals surface area contributed by atoms with Gasteiger partial charge in [0.25, 0.3) is 0 Å². The summed E-state index contributed by atoms with van der Waals surface area (Å²) in [5, 5.41) is 9.39. The van der Waals surface area contributed by atoms with E-state index >= 15 is 0 Å². The van der Waals surface area contributed by atoms with E-state index in [0.717, 1.165) is 61.0 Å². The number of hydrogen-bond acceptors (Lipinski definition) is 5. The van der Waals surface area contributed by atoms with Gasteiger partial charge in [0.15, 0.2) is 0 Å². The predicted molar refractivity (Wildman–Crippen MR) is 116 cm³/mol. The Balaban J connectivity index is 1.33. The molecule has 2 fully saturated rings. The summed E-state index contributed by atoms with van der Waals surface area (Å²) in [7, 11) is 1.91. The summed E-state index contributed by atoms with van der Waals surface area (Å²) >= 11 is 0. The number of pyridine rings is 1. The summed E-state index contributed by atoms with van der Waals surface area (Å²) in [4.78, 5) is 19.8. The summed E-state index contributed by atoms with van der Waals surface area (Å²) < 4.78 is 7.17. The van der Waals surface area contributed by atoms with E-state index in [2.05, 4.69) is 45.4 Å². The van der Waals surface area contributed by atoms with Crippen LogP contribution in [0.5, 0.6) is 0 Å². The van der Waals surface area contributed by atoms with Crippen LogP contribution < -0.4 is 5.32 Å². The van der Waals surface area contributed by atoms with Crippen molar-refractivity contribution in [3.63, 3.8) is 0 Å². The van der Waals surface area contributed by atoms with E-state index in [1.165, 1.54) is 0 Å². The van der Waals surface area contributed by atoms with Crippen molar-refractivity contribution in [1.29, 1.82) is 0 Å². The van der Waals surface area contributed by atoms with Crippen molar-refractivity contribution in [3.05, 3.63) is 42.9 Å². The molecule has 30 heavy (non-hydrogen) atoms. The molecule has 1 amide bonds. The molecule has 0 bridgehead atoms. The molecular formula is C23H27N5O2. The Morgan fingerprint density at radius 2 is 2.10 bits per heavy atom. The van der Waals surface area contributed by atoms with Gasteiger partial charge in [0.2, 0.25) is 5.91 Å². The molecule has 156 valence electrons. The first kappa shape index (κ1) is 19.2. The third-order valence-corrected chi connectivity index (χ3v) is 6.16. The highest BCUT2D eigenvalue weighted by Crippen LogP contribution is 2.31. The number of fused-ring (bicyclic) bond motifs is 1. The second-order valence-electron chi connectivity index (χ2n) is 8.96. The first-order chi connectivity index (χ1) is 14.5. The highest BCUT2D eigenvalue weighted by Gasteiger charge is 2.40. The van der Waals surface area contributed by atoms with Gasteiger partial charge in [-0.25, -0.2) is 4.98 Å². The Morgan fingerprint density at radius 3 is 2.83 bits per heavy atom. The van der Waals surface area contributed by atoms with Crippen LogP contribution in [0.3, 0.4) is 0 Å². The Kier molecular flexibility index (Phi) is 4.79. The zero-order chi connectivity index (χ0) is 20.7. The second-order valence-corrected chi connectivity index (χ2v) is 8.96. The van der Waals surface area contributed by atoms with Crippen LogP contribution in [0.2, 0.25) is 0 Å². The Labute approximate surface area is 176 Å². The van der Waals surface area contributed by atoms with Gasteiger partial charge < -0.3 is 10.1 Å². The van der Waals surface area contributed by atoms with Crippen LogP contribution in [0.1, 0.15) is 19.8 Å². The number of nitrogens with one attached hydrogen (secondary N) is 1. The molecule has 1 aromatic carbocycles. The second kappa shape index (κ2) is 7.49. The molecule has 0 aliphatic carbocycles. The number of benzene rings is 1. The zero-order valence-corrected chi connectivity index (χ0v) is 17.5. The van der Waals surface area contributed by atoms with Crippen LogP contribution in [0.4, 0.5) is 5.82 Å². The van der Waals surface area contributed by atoms with Gasteiger partial charge in [-0.15, -0.1) is 0 Å². The largest absolute Gasteiger partial charge is 0.380 e. The van der Waals surface area contributed by atoms with Gasteiger partial charge in [0.05, 0.1) is 25.5 Å². The fourth-order valence-electron chi connectivity index (χ4n) is 4.51. The van der Waals surface area contributed by atoms with Gasteiger partial charge >= 0.3 is 0 Å². The van der Waals surface area contributed by atoms with Crippen molar-refractivity contribution in [2.24, 2.45) is 12.5 Å². The minimum absolute atomic E-state index is 0.0339. The number of amides is 1. The van der Waals surface area contributed by atoms with Crippen LogP contribution >= 0.6 is 0 Å². The SMILES string of the molecule is Cn1cc(-c2ccc3cnc(NC(=O)C4CCCN4CC4(C)COC4)cc3c2)cn1. The Bertz CT molecular complexity index is 1090. The molecule has 0 saturated carbocycles. The van der Waals surface area contributed by atoms with Crippen molar-refractivity contribution in [2.75, 3.05) is 31.6 Å². The maximum Gasteiger partial charge on any atom is 0.242 e. The van der Waals surface area contributed by atoms with Gasteiger partial charge in [0.1, 0.15) is 5.82 Å². The Hall–Kier alpha value is -2.77. The Morgan fingerprint density at radius 1 is 1.23 bits per heavy atom. The number of aromatic nitrogens is 3. The number of ether oxygens (including phenoxy) is 1. The molecule has 2 aromatic heterocycles. The summed E-state index contributed by atoms with van der Waals surface area (Å²) in [5.74, 6) is 0.632. The average Bonchev–Trinajstić information content (AvgIpc) is 3.35. The fourth-order valence-corrected chi connectivity index (χ4v) is 4.51. The molecular weight excluding hydrogens is 378 g/mol. The van der Waals surface area contributed by atoms with Gasteiger partial charge in [-0.1, -0.05) is 19.1 Å². The van der Waals surface area contributed by atoms with E-state index < -0.39 is 0 Å². The number of carbonyl (C=O) groups excluding carboxylic acids is 1. The van der Waals surface area contributed by atoms with Crippen LogP contribution in [-0.2, 0) is 16.6 Å². The fraction of sp³-hybridized carbons (Fsp3) is 0.435. The van der Waals surface area contributed by atoms with Gasteiger partial charge in [-0.05, 0) is 42.5 Å². The van der Waals surface area contributed by atoms with Crippen LogP contribution in [0, 0.1) is 5.41 Å². The molecule has 1 N–H and O–H groups in total. The van der Waals surface area contributed by atoms with Crippen LogP contribution in [0.15, 0.2) is 42.9 Å². The van der Waals surface area contributed by atoms with E-state index in [0.29, 0.717) is 5.82 Å². The number of hydrogen-bond donors (Lipinski definition) is 1. The first-order valence-electron chi connectivity index (χ1n) is 10.5. The number of aryl methyl sites for hydroxylation is 1. The van der Waals surface area contributed by atoms with Gasteiger partial charge in [-0.2, -0.15) is 5.10 Å². The number of likely N-dealkylation sites (tertiary alicyclic amines) is 1. The van der Waals surface area contributed by atoms with Crippen LogP contribution in [-0.4, -0.2) is 57.9 Å². The first-order valence-corrected chi connectivity index (χ1v) is 10.5. The molecule has 2 aliphatic heterocycles. The van der Waals surface area contributed by atoms with E-state index in [4.69, 9.17) is 4.74 Å². The van der Waals surface area contributed by atoms with Crippen LogP contribution in [0.25, 0.3) is 21.9 Å². The number of nitrogens with zero attached hydrogens (tertiary/aromatic N) is 4. The number of carbonyl (C=O) groups is 1. The quantitative estimate of drug-likeness (QED) is 0.706. The van der Waals surface area contributed by atoms with Gasteiger partial charge in [-0.3, -0.25) is 14.4 Å². The topological polar surface area (TPSA) is 72.3 Å². The number of anilines is 1. The lowest BCUT2D eigenvalue weighted by atomic mass is 9.88. The van der Waals surface area contributed by atoms with Crippen molar-refractivity contribution >= 4 is 22.5 Å². The minimum Gasteiger partial charge on any atom is -0.380 e. The maximum absolute atomic E-state index is 13.0. The van der Waals surface area contributed by atoms with Gasteiger partial charge in [0, 0.05) is 42.4 Å². The third kappa shape index (κ3) is 3.70. The molecule has 1 unspecified atom stereocenters. The molecule has 3 aromatic rings. The molecule has 2 saturated heterocycles. The molecule has 7 heteroatoms.